The molecule has 0 spiro atoms. The quantitative estimate of drug-likeness (QED) is 0.671. The molecule has 0 radical (unpaired) electrons. The van der Waals surface area contributed by atoms with Crippen LogP contribution < -0.4 is 5.32 Å². The zero-order valence-electron chi connectivity index (χ0n) is 13.2. The first kappa shape index (κ1) is 16.2. The number of phenols is 1. The average molecular weight is 338 g/mol. The number of aromatic nitrogens is 3. The van der Waals surface area contributed by atoms with Crippen LogP contribution in [-0.4, -0.2) is 36.9 Å². The fraction of sp³-hybridized carbons (Fsp3) is 0.0588. The van der Waals surface area contributed by atoms with Crippen LogP contribution in [0.3, 0.4) is 0 Å². The maximum atomic E-state index is 12.4. The molecule has 126 valence electrons. The number of amides is 1. The Labute approximate surface area is 142 Å². The normalized spacial score (nSPS) is 10.4. The van der Waals surface area contributed by atoms with Gasteiger partial charge in [0.05, 0.1) is 17.5 Å². The standard InChI is InChI=1S/C17H14N4O4/c1-10-13(9-19-21(10)15-4-2-3-7-18-15)16(23)20-11-5-6-12(17(24)25)14(22)8-11/h2-9,22H,1H3,(H,20,23)(H,24,25). The number of pyridine rings is 1. The topological polar surface area (TPSA) is 117 Å². The van der Waals surface area contributed by atoms with E-state index >= 15 is 0 Å². The number of rotatable bonds is 4. The molecule has 8 heteroatoms. The molecule has 25 heavy (non-hydrogen) atoms. The highest BCUT2D eigenvalue weighted by atomic mass is 16.4. The van der Waals surface area contributed by atoms with E-state index in [4.69, 9.17) is 5.11 Å². The number of nitrogens with one attached hydrogen (secondary N) is 1. The van der Waals surface area contributed by atoms with Crippen molar-refractivity contribution in [1.82, 2.24) is 14.8 Å². The molecule has 0 aliphatic rings. The van der Waals surface area contributed by atoms with E-state index in [1.165, 1.54) is 24.4 Å². The fourth-order valence-corrected chi connectivity index (χ4v) is 2.33. The van der Waals surface area contributed by atoms with Crippen LogP contribution in [0.25, 0.3) is 5.82 Å². The van der Waals surface area contributed by atoms with E-state index in [2.05, 4.69) is 15.4 Å². The summed E-state index contributed by atoms with van der Waals surface area (Å²) >= 11 is 0. The predicted molar refractivity (Wildman–Crippen MR) is 89.1 cm³/mol. The van der Waals surface area contributed by atoms with Gasteiger partial charge in [-0.1, -0.05) is 6.07 Å². The second-order valence-electron chi connectivity index (χ2n) is 5.23. The van der Waals surface area contributed by atoms with E-state index in [1.807, 2.05) is 6.07 Å². The lowest BCUT2D eigenvalue weighted by atomic mass is 10.1. The molecular formula is C17H14N4O4. The molecule has 0 aliphatic heterocycles. The van der Waals surface area contributed by atoms with Gasteiger partial charge in [0.2, 0.25) is 0 Å². The predicted octanol–water partition coefficient (Wildman–Crippen LogP) is 2.23. The summed E-state index contributed by atoms with van der Waals surface area (Å²) < 4.78 is 1.54. The van der Waals surface area contributed by atoms with Crippen molar-refractivity contribution in [2.75, 3.05) is 5.32 Å². The van der Waals surface area contributed by atoms with Crippen molar-refractivity contribution in [2.45, 2.75) is 6.92 Å². The van der Waals surface area contributed by atoms with Gasteiger partial charge in [0, 0.05) is 18.0 Å². The SMILES string of the molecule is Cc1c(C(=O)Nc2ccc(C(=O)O)c(O)c2)cnn1-c1ccccn1. The molecule has 0 fully saturated rings. The molecule has 1 amide bonds. The van der Waals surface area contributed by atoms with Gasteiger partial charge < -0.3 is 15.5 Å². The Balaban J connectivity index is 1.84. The van der Waals surface area contributed by atoms with Gasteiger partial charge in [-0.15, -0.1) is 0 Å². The van der Waals surface area contributed by atoms with Gasteiger partial charge in [-0.2, -0.15) is 5.10 Å². The van der Waals surface area contributed by atoms with E-state index in [0.29, 0.717) is 17.1 Å². The number of carboxylic acids is 1. The van der Waals surface area contributed by atoms with Crippen LogP contribution in [0.4, 0.5) is 5.69 Å². The number of carbonyl (C=O) groups excluding carboxylic acids is 1. The summed E-state index contributed by atoms with van der Waals surface area (Å²) in [4.78, 5) is 27.5. The second kappa shape index (κ2) is 6.44. The average Bonchev–Trinajstić information content (AvgIpc) is 2.97. The summed E-state index contributed by atoms with van der Waals surface area (Å²) in [5.74, 6) is -1.52. The van der Waals surface area contributed by atoms with Gasteiger partial charge in [-0.3, -0.25) is 4.79 Å². The number of carboxylic acid groups (broad SMARTS) is 1. The van der Waals surface area contributed by atoms with Gasteiger partial charge in [-0.25, -0.2) is 14.5 Å². The molecule has 3 N–H and O–H groups in total. The lowest BCUT2D eigenvalue weighted by Gasteiger charge is -2.07. The molecule has 1 aromatic carbocycles. The van der Waals surface area contributed by atoms with Crippen molar-refractivity contribution in [3.8, 4) is 11.6 Å². The van der Waals surface area contributed by atoms with Gasteiger partial charge >= 0.3 is 5.97 Å². The van der Waals surface area contributed by atoms with Crippen LogP contribution in [0, 0.1) is 6.92 Å². The third-order valence-electron chi connectivity index (χ3n) is 3.61. The van der Waals surface area contributed by atoms with Crippen molar-refractivity contribution in [3.63, 3.8) is 0 Å². The number of nitrogens with zero attached hydrogens (tertiary/aromatic N) is 3. The lowest BCUT2D eigenvalue weighted by Crippen LogP contribution is -2.13. The van der Waals surface area contributed by atoms with Crippen molar-refractivity contribution in [1.29, 1.82) is 0 Å². The van der Waals surface area contributed by atoms with Gasteiger partial charge in [-0.05, 0) is 31.2 Å². The van der Waals surface area contributed by atoms with E-state index in [0.717, 1.165) is 0 Å². The Bertz CT molecular complexity index is 951. The van der Waals surface area contributed by atoms with Gasteiger partial charge in [0.25, 0.3) is 5.91 Å². The molecule has 0 bridgehead atoms. The number of aromatic hydroxyl groups is 1. The van der Waals surface area contributed by atoms with Crippen LogP contribution in [0.5, 0.6) is 5.75 Å². The molecule has 3 aromatic rings. The van der Waals surface area contributed by atoms with Crippen LogP contribution >= 0.6 is 0 Å². The first-order valence-corrected chi connectivity index (χ1v) is 7.31. The van der Waals surface area contributed by atoms with E-state index in [-0.39, 0.29) is 11.3 Å². The summed E-state index contributed by atoms with van der Waals surface area (Å²) in [6, 6.07) is 9.17. The van der Waals surface area contributed by atoms with Crippen LogP contribution in [0.2, 0.25) is 0 Å². The van der Waals surface area contributed by atoms with Crippen LogP contribution in [-0.2, 0) is 0 Å². The summed E-state index contributed by atoms with van der Waals surface area (Å²) in [6.07, 6.45) is 3.05. The Morgan fingerprint density at radius 3 is 2.60 bits per heavy atom. The monoisotopic (exact) mass is 338 g/mol. The van der Waals surface area contributed by atoms with Crippen LogP contribution in [0.15, 0.2) is 48.8 Å². The Kier molecular flexibility index (Phi) is 4.17. The molecule has 0 unspecified atom stereocenters. The largest absolute Gasteiger partial charge is 0.507 e. The molecule has 8 nitrogen and oxygen atoms in total. The second-order valence-corrected chi connectivity index (χ2v) is 5.23. The van der Waals surface area contributed by atoms with Crippen molar-refractivity contribution in [3.05, 3.63) is 65.6 Å². The number of aromatic carboxylic acids is 1. The smallest absolute Gasteiger partial charge is 0.339 e. The van der Waals surface area contributed by atoms with Gasteiger partial charge in [0.1, 0.15) is 11.3 Å². The van der Waals surface area contributed by atoms with Crippen molar-refractivity contribution < 1.29 is 19.8 Å². The van der Waals surface area contributed by atoms with Crippen LogP contribution in [0.1, 0.15) is 26.4 Å². The minimum absolute atomic E-state index is 0.239. The number of hydrogen-bond donors (Lipinski definition) is 3. The summed E-state index contributed by atoms with van der Waals surface area (Å²) in [5.41, 5.74) is 0.977. The van der Waals surface area contributed by atoms with Gasteiger partial charge in [0.15, 0.2) is 5.82 Å². The number of anilines is 1. The van der Waals surface area contributed by atoms with Crippen molar-refractivity contribution >= 4 is 17.6 Å². The third kappa shape index (κ3) is 3.18. The van der Waals surface area contributed by atoms with E-state index in [1.54, 1.807) is 29.9 Å². The Morgan fingerprint density at radius 2 is 1.96 bits per heavy atom. The molecular weight excluding hydrogens is 324 g/mol. The summed E-state index contributed by atoms with van der Waals surface area (Å²) in [7, 11) is 0. The molecule has 2 heterocycles. The molecule has 2 aromatic heterocycles. The molecule has 0 saturated heterocycles. The first-order chi connectivity index (χ1) is 12.0. The number of hydrogen-bond acceptors (Lipinski definition) is 5. The maximum Gasteiger partial charge on any atom is 0.339 e. The van der Waals surface area contributed by atoms with E-state index < -0.39 is 17.6 Å². The third-order valence-corrected chi connectivity index (χ3v) is 3.61. The van der Waals surface area contributed by atoms with Crippen molar-refractivity contribution in [2.24, 2.45) is 0 Å². The summed E-state index contributed by atoms with van der Waals surface area (Å²) in [6.45, 7) is 1.74. The zero-order valence-corrected chi connectivity index (χ0v) is 13.2. The highest BCUT2D eigenvalue weighted by Gasteiger charge is 2.17. The molecule has 3 rings (SSSR count). The first-order valence-electron chi connectivity index (χ1n) is 7.31. The number of benzene rings is 1. The Morgan fingerprint density at radius 1 is 1.16 bits per heavy atom. The number of carbonyl (C=O) groups is 2. The fourth-order valence-electron chi connectivity index (χ4n) is 2.33. The minimum Gasteiger partial charge on any atom is -0.507 e. The molecule has 0 aliphatic carbocycles. The maximum absolute atomic E-state index is 12.4. The molecule has 0 atom stereocenters. The highest BCUT2D eigenvalue weighted by Crippen LogP contribution is 2.23. The minimum atomic E-state index is -1.25. The zero-order chi connectivity index (χ0) is 18.0. The van der Waals surface area contributed by atoms with E-state index in [9.17, 15) is 14.7 Å². The summed E-state index contributed by atoms with van der Waals surface area (Å²) in [5, 5.41) is 25.4. The lowest BCUT2D eigenvalue weighted by molar-refractivity contribution is 0.0693. The highest BCUT2D eigenvalue weighted by molar-refractivity contribution is 6.05. The Hall–Kier alpha value is -3.68. The molecule has 0 saturated carbocycles.